The Morgan fingerprint density at radius 3 is 2.70 bits per heavy atom. The molecular weight excluding hydrogens is 302 g/mol. The first-order chi connectivity index (χ1) is 11.1. The molecule has 1 atom stereocenters. The minimum atomic E-state index is -0.718. The van der Waals surface area contributed by atoms with Crippen LogP contribution in [0.4, 0.5) is 8.78 Å². The van der Waals surface area contributed by atoms with Gasteiger partial charge in [-0.15, -0.1) is 0 Å². The lowest BCUT2D eigenvalue weighted by molar-refractivity contribution is 0.0214. The van der Waals surface area contributed by atoms with E-state index in [0.29, 0.717) is 17.9 Å². The van der Waals surface area contributed by atoms with Crippen molar-refractivity contribution in [3.8, 4) is 5.75 Å². The number of benzene rings is 1. The zero-order chi connectivity index (χ0) is 16.4. The lowest BCUT2D eigenvalue weighted by atomic mass is 9.89. The van der Waals surface area contributed by atoms with Crippen LogP contribution in [-0.4, -0.2) is 24.9 Å². The number of esters is 1. The van der Waals surface area contributed by atoms with Gasteiger partial charge >= 0.3 is 5.97 Å². The molecule has 0 bridgehead atoms. The Bertz CT molecular complexity index is 580. The third kappa shape index (κ3) is 3.48. The van der Waals surface area contributed by atoms with Crippen LogP contribution in [0.15, 0.2) is 12.1 Å². The Labute approximate surface area is 135 Å². The zero-order valence-electron chi connectivity index (χ0n) is 13.3. The highest BCUT2D eigenvalue weighted by Crippen LogP contribution is 2.33. The van der Waals surface area contributed by atoms with Crippen LogP contribution in [0.1, 0.15) is 54.9 Å². The maximum absolute atomic E-state index is 14.6. The number of ether oxygens (including phenoxy) is 2. The van der Waals surface area contributed by atoms with Crippen LogP contribution in [0.5, 0.6) is 5.75 Å². The summed E-state index contributed by atoms with van der Waals surface area (Å²) in [6, 6.07) is 3.28. The van der Waals surface area contributed by atoms with Gasteiger partial charge in [-0.1, -0.05) is 13.0 Å². The lowest BCUT2D eigenvalue weighted by Crippen LogP contribution is -2.30. The molecule has 0 N–H and O–H groups in total. The molecule has 3 nitrogen and oxygen atoms in total. The van der Waals surface area contributed by atoms with Gasteiger partial charge in [-0.2, -0.15) is 0 Å². The molecule has 1 aliphatic heterocycles. The molecule has 2 aliphatic rings. The summed E-state index contributed by atoms with van der Waals surface area (Å²) < 4.78 is 38.0. The minimum absolute atomic E-state index is 0.00218. The fourth-order valence-corrected chi connectivity index (χ4v) is 3.39. The molecule has 1 aromatic carbocycles. The Kier molecular flexibility index (Phi) is 4.83. The number of halogens is 2. The SMILES string of the molecule is CC1CCC(Oc2ccc3c(c2F)C(=O)OC(CCF)C3)CC1. The second-order valence-corrected chi connectivity index (χ2v) is 6.62. The number of cyclic esters (lactones) is 1. The second-order valence-electron chi connectivity index (χ2n) is 6.62. The van der Waals surface area contributed by atoms with Gasteiger partial charge in [0.05, 0.1) is 12.8 Å². The Balaban J connectivity index is 1.77. The first-order valence-electron chi connectivity index (χ1n) is 8.33. The Morgan fingerprint density at radius 1 is 1.26 bits per heavy atom. The van der Waals surface area contributed by atoms with Crippen molar-refractivity contribution >= 4 is 5.97 Å². The van der Waals surface area contributed by atoms with E-state index in [2.05, 4.69) is 6.92 Å². The molecule has 1 aliphatic carbocycles. The number of carbonyl (C=O) groups excluding carboxylic acids is 1. The molecule has 1 aromatic rings. The number of alkyl halides is 1. The number of fused-ring (bicyclic) bond motifs is 1. The van der Waals surface area contributed by atoms with Crippen LogP contribution < -0.4 is 4.74 Å². The van der Waals surface area contributed by atoms with Crippen molar-refractivity contribution < 1.29 is 23.0 Å². The number of hydrogen-bond donors (Lipinski definition) is 0. The van der Waals surface area contributed by atoms with Gasteiger partial charge in [0, 0.05) is 12.8 Å². The quantitative estimate of drug-likeness (QED) is 0.778. The summed E-state index contributed by atoms with van der Waals surface area (Å²) in [7, 11) is 0. The standard InChI is InChI=1S/C18H22F2O3/c1-11-2-5-13(6-3-11)22-15-7-4-12-10-14(8-9-19)23-18(21)16(12)17(15)20/h4,7,11,13-14H,2-3,5-6,8-10H2,1H3. The van der Waals surface area contributed by atoms with E-state index in [9.17, 15) is 13.6 Å². The van der Waals surface area contributed by atoms with E-state index in [4.69, 9.17) is 9.47 Å². The van der Waals surface area contributed by atoms with Gasteiger partial charge in [0.25, 0.3) is 0 Å². The molecule has 0 spiro atoms. The summed E-state index contributed by atoms with van der Waals surface area (Å²) in [6.45, 7) is 1.65. The van der Waals surface area contributed by atoms with Gasteiger partial charge in [-0.25, -0.2) is 9.18 Å². The molecule has 0 saturated heterocycles. The molecule has 0 amide bonds. The van der Waals surface area contributed by atoms with Gasteiger partial charge in [-0.3, -0.25) is 4.39 Å². The molecule has 1 saturated carbocycles. The maximum atomic E-state index is 14.6. The van der Waals surface area contributed by atoms with Crippen molar-refractivity contribution in [1.29, 1.82) is 0 Å². The average Bonchev–Trinajstić information content (AvgIpc) is 2.52. The van der Waals surface area contributed by atoms with Crippen LogP contribution >= 0.6 is 0 Å². The van der Waals surface area contributed by atoms with Gasteiger partial charge in [0.15, 0.2) is 11.6 Å². The van der Waals surface area contributed by atoms with Crippen LogP contribution in [0.2, 0.25) is 0 Å². The normalized spacial score (nSPS) is 27.3. The largest absolute Gasteiger partial charge is 0.487 e. The topological polar surface area (TPSA) is 35.5 Å². The summed E-state index contributed by atoms with van der Waals surface area (Å²) in [6.07, 6.45) is 3.94. The van der Waals surface area contributed by atoms with Gasteiger partial charge in [0.1, 0.15) is 11.7 Å². The smallest absolute Gasteiger partial charge is 0.341 e. The minimum Gasteiger partial charge on any atom is -0.487 e. The molecule has 5 heteroatoms. The van der Waals surface area contributed by atoms with Crippen molar-refractivity contribution in [2.75, 3.05) is 6.67 Å². The van der Waals surface area contributed by atoms with Crippen LogP contribution in [0.3, 0.4) is 0 Å². The Morgan fingerprint density at radius 2 is 2.00 bits per heavy atom. The van der Waals surface area contributed by atoms with E-state index < -0.39 is 24.6 Å². The van der Waals surface area contributed by atoms with Crippen molar-refractivity contribution in [2.45, 2.75) is 57.7 Å². The van der Waals surface area contributed by atoms with Crippen LogP contribution in [0.25, 0.3) is 0 Å². The summed E-state index contributed by atoms with van der Waals surface area (Å²) in [5.41, 5.74) is 0.517. The number of carbonyl (C=O) groups is 1. The van der Waals surface area contributed by atoms with Crippen molar-refractivity contribution in [3.05, 3.63) is 29.1 Å². The van der Waals surface area contributed by atoms with Gasteiger partial charge in [0.2, 0.25) is 0 Å². The first-order valence-corrected chi connectivity index (χ1v) is 8.33. The van der Waals surface area contributed by atoms with E-state index in [1.807, 2.05) is 0 Å². The Hall–Kier alpha value is -1.65. The summed E-state index contributed by atoms with van der Waals surface area (Å²) in [4.78, 5) is 12.0. The molecule has 1 heterocycles. The highest BCUT2D eigenvalue weighted by molar-refractivity contribution is 5.93. The zero-order valence-corrected chi connectivity index (χ0v) is 13.3. The fraction of sp³-hybridized carbons (Fsp3) is 0.611. The van der Waals surface area contributed by atoms with Crippen molar-refractivity contribution in [1.82, 2.24) is 0 Å². The molecule has 23 heavy (non-hydrogen) atoms. The highest BCUT2D eigenvalue weighted by atomic mass is 19.1. The van der Waals surface area contributed by atoms with Crippen molar-refractivity contribution in [2.24, 2.45) is 5.92 Å². The van der Waals surface area contributed by atoms with Gasteiger partial charge < -0.3 is 9.47 Å². The molecule has 126 valence electrons. The maximum Gasteiger partial charge on any atom is 0.341 e. The van der Waals surface area contributed by atoms with E-state index >= 15 is 0 Å². The average molecular weight is 324 g/mol. The third-order valence-electron chi connectivity index (χ3n) is 4.81. The number of hydrogen-bond acceptors (Lipinski definition) is 3. The van der Waals surface area contributed by atoms with E-state index in [1.165, 1.54) is 0 Å². The first kappa shape index (κ1) is 16.2. The molecular formula is C18H22F2O3. The van der Waals surface area contributed by atoms with Gasteiger partial charge in [-0.05, 0) is 43.2 Å². The highest BCUT2D eigenvalue weighted by Gasteiger charge is 2.31. The predicted octanol–water partition coefficient (Wildman–Crippen LogP) is 4.22. The van der Waals surface area contributed by atoms with Crippen LogP contribution in [-0.2, 0) is 11.2 Å². The second kappa shape index (κ2) is 6.85. The van der Waals surface area contributed by atoms with E-state index in [-0.39, 0.29) is 23.8 Å². The summed E-state index contributed by atoms with van der Waals surface area (Å²) >= 11 is 0. The number of rotatable bonds is 4. The van der Waals surface area contributed by atoms with Crippen molar-refractivity contribution in [3.63, 3.8) is 0 Å². The molecule has 1 fully saturated rings. The third-order valence-corrected chi connectivity index (χ3v) is 4.81. The predicted molar refractivity (Wildman–Crippen MR) is 81.9 cm³/mol. The lowest BCUT2D eigenvalue weighted by Gasteiger charge is -2.28. The van der Waals surface area contributed by atoms with Crippen LogP contribution in [0, 0.1) is 11.7 Å². The molecule has 0 aromatic heterocycles. The fourth-order valence-electron chi connectivity index (χ4n) is 3.39. The summed E-state index contributed by atoms with van der Waals surface area (Å²) in [5, 5.41) is 0. The molecule has 0 radical (unpaired) electrons. The van der Waals surface area contributed by atoms with E-state index in [1.54, 1.807) is 12.1 Å². The summed E-state index contributed by atoms with van der Waals surface area (Å²) in [5.74, 6) is -0.565. The monoisotopic (exact) mass is 324 g/mol. The molecule has 1 unspecified atom stereocenters. The van der Waals surface area contributed by atoms with E-state index in [0.717, 1.165) is 25.7 Å². The molecule has 3 rings (SSSR count).